The molecular weight excluding hydrogens is 379 g/mol. The minimum absolute atomic E-state index is 0.0372. The van der Waals surface area contributed by atoms with E-state index in [0.29, 0.717) is 11.1 Å². The monoisotopic (exact) mass is 402 g/mol. The normalized spacial score (nSPS) is 24.0. The Balaban J connectivity index is 2.47. The van der Waals surface area contributed by atoms with Crippen LogP contribution in [0.2, 0.25) is 0 Å². The van der Waals surface area contributed by atoms with Gasteiger partial charge in [-0.05, 0) is 16.2 Å². The van der Waals surface area contributed by atoms with Gasteiger partial charge in [-0.2, -0.15) is 0 Å². The third-order valence-electron chi connectivity index (χ3n) is 6.34. The lowest BCUT2D eigenvalue weighted by Crippen LogP contribution is -2.42. The number of aromatic hydroxyl groups is 3. The topological polar surface area (TPSA) is 60.7 Å². The maximum absolute atomic E-state index is 10.9. The number of halogens is 1. The van der Waals surface area contributed by atoms with Gasteiger partial charge in [-0.1, -0.05) is 41.5 Å². The molecule has 0 fully saturated rings. The third kappa shape index (κ3) is 1.57. The Morgan fingerprint density at radius 3 is 1.62 bits per heavy atom. The number of rotatable bonds is 1. The predicted octanol–water partition coefficient (Wildman–Crippen LogP) is 3.90. The van der Waals surface area contributed by atoms with Gasteiger partial charge in [-0.25, -0.2) is 0 Å². The molecule has 0 amide bonds. The van der Waals surface area contributed by atoms with Crippen molar-refractivity contribution in [2.24, 2.45) is 5.41 Å². The molecule has 3 nitrogen and oxygen atoms in total. The predicted molar refractivity (Wildman–Crippen MR) is 94.3 cm³/mol. The Morgan fingerprint density at radius 2 is 1.19 bits per heavy atom. The molecule has 0 bridgehead atoms. The summed E-state index contributed by atoms with van der Waals surface area (Å²) in [6.45, 7) is 12.7. The van der Waals surface area contributed by atoms with Crippen molar-refractivity contribution in [2.45, 2.75) is 52.4 Å². The summed E-state index contributed by atoms with van der Waals surface area (Å²) < 4.78 is 2.13. The van der Waals surface area contributed by atoms with E-state index in [2.05, 4.69) is 41.5 Å². The van der Waals surface area contributed by atoms with Crippen molar-refractivity contribution in [1.29, 1.82) is 0 Å². The Labute approximate surface area is 135 Å². The van der Waals surface area contributed by atoms with Crippen LogP contribution < -0.4 is 0 Å². The molecule has 0 spiro atoms. The average molecular weight is 402 g/mol. The zero-order valence-electron chi connectivity index (χ0n) is 13.4. The van der Waals surface area contributed by atoms with Crippen molar-refractivity contribution in [3.8, 4) is 17.2 Å². The maximum atomic E-state index is 10.9. The summed E-state index contributed by atoms with van der Waals surface area (Å²) in [5, 5.41) is 31.9. The Kier molecular flexibility index (Phi) is 2.84. The van der Waals surface area contributed by atoms with Gasteiger partial charge >= 0.3 is 0 Å². The van der Waals surface area contributed by atoms with Crippen molar-refractivity contribution in [1.82, 2.24) is 0 Å². The number of alkyl halides is 1. The standard InChI is InChI=1S/C17H23IO3/c1-15(2)10-11(16(3,4)17(15,5)6)14(21)13(20)9(12(10)19)8-7-18-8/h19-21H,7H2,1-6H3. The summed E-state index contributed by atoms with van der Waals surface area (Å²) in [4.78, 5) is 0. The second-order valence-electron chi connectivity index (χ2n) is 7.72. The van der Waals surface area contributed by atoms with Crippen molar-refractivity contribution in [3.63, 3.8) is 0 Å². The van der Waals surface area contributed by atoms with Crippen LogP contribution in [-0.2, 0) is 10.8 Å². The van der Waals surface area contributed by atoms with E-state index in [9.17, 15) is 15.3 Å². The molecule has 1 aromatic rings. The van der Waals surface area contributed by atoms with Gasteiger partial charge < -0.3 is 15.3 Å². The van der Waals surface area contributed by atoms with E-state index < -0.39 is 0 Å². The molecule has 3 N–H and O–H groups in total. The zero-order valence-corrected chi connectivity index (χ0v) is 15.6. The lowest BCUT2D eigenvalue weighted by atomic mass is 9.59. The summed E-state index contributed by atoms with van der Waals surface area (Å²) in [5.74, 6) is 0.0287. The van der Waals surface area contributed by atoms with Crippen molar-refractivity contribution < 1.29 is 15.3 Å². The SMILES string of the molecule is CC1(C)c2c(O)c(O)c(C3=IC3)c(O)c2C(C)(C)C1(C)C. The fourth-order valence-electron chi connectivity index (χ4n) is 3.76. The van der Waals surface area contributed by atoms with Gasteiger partial charge in [-0.15, -0.1) is 20.7 Å². The Morgan fingerprint density at radius 1 is 0.762 bits per heavy atom. The van der Waals surface area contributed by atoms with Gasteiger partial charge in [0.2, 0.25) is 0 Å². The number of fused-ring (bicyclic) bond motifs is 1. The summed E-state index contributed by atoms with van der Waals surface area (Å²) in [6.07, 6.45) is 0. The van der Waals surface area contributed by atoms with E-state index in [4.69, 9.17) is 0 Å². The van der Waals surface area contributed by atoms with Gasteiger partial charge in [0.1, 0.15) is 5.75 Å². The molecule has 1 aromatic carbocycles. The van der Waals surface area contributed by atoms with Crippen LogP contribution in [0.3, 0.4) is 0 Å². The lowest BCUT2D eigenvalue weighted by molar-refractivity contribution is 0.122. The smallest absolute Gasteiger partial charge is 0.169 e. The number of phenols is 3. The van der Waals surface area contributed by atoms with Crippen LogP contribution in [0.1, 0.15) is 58.2 Å². The lowest BCUT2D eigenvalue weighted by Gasteiger charge is -2.44. The molecule has 0 radical (unpaired) electrons. The highest BCUT2D eigenvalue weighted by molar-refractivity contribution is 14.2. The van der Waals surface area contributed by atoms with Crippen LogP contribution in [0.15, 0.2) is 0 Å². The average Bonchev–Trinajstić information content (AvgIpc) is 3.14. The molecule has 2 aliphatic rings. The number of phenolic OH excluding ortho intramolecular Hbond substituents is 3. The second kappa shape index (κ2) is 3.94. The van der Waals surface area contributed by atoms with Crippen LogP contribution in [0.25, 0.3) is 0 Å². The number of benzene rings is 1. The van der Waals surface area contributed by atoms with Gasteiger partial charge in [0.25, 0.3) is 0 Å². The van der Waals surface area contributed by atoms with E-state index >= 15 is 0 Å². The van der Waals surface area contributed by atoms with Crippen molar-refractivity contribution in [2.75, 3.05) is 4.43 Å². The number of hydrogen-bond donors (Lipinski definition) is 3. The van der Waals surface area contributed by atoms with E-state index in [0.717, 1.165) is 13.5 Å². The first-order valence-electron chi connectivity index (χ1n) is 7.23. The number of hydrogen-bond acceptors (Lipinski definition) is 3. The summed E-state index contributed by atoms with van der Waals surface area (Å²) in [6, 6.07) is 0. The fourth-order valence-corrected chi connectivity index (χ4v) is 5.22. The molecule has 21 heavy (non-hydrogen) atoms. The van der Waals surface area contributed by atoms with Crippen LogP contribution in [0.5, 0.6) is 17.2 Å². The first kappa shape index (κ1) is 15.1. The molecule has 4 heteroatoms. The van der Waals surface area contributed by atoms with E-state index in [1.807, 2.05) is 0 Å². The molecule has 0 atom stereocenters. The molecule has 0 aromatic heterocycles. The summed E-state index contributed by atoms with van der Waals surface area (Å²) in [5.41, 5.74) is 1.24. The van der Waals surface area contributed by atoms with Gasteiger partial charge in [-0.3, -0.25) is 0 Å². The molecule has 0 saturated heterocycles. The maximum Gasteiger partial charge on any atom is 0.169 e. The van der Waals surface area contributed by atoms with Crippen LogP contribution in [-0.4, -0.2) is 23.3 Å². The van der Waals surface area contributed by atoms with Crippen molar-refractivity contribution >= 4 is 24.2 Å². The highest BCUT2D eigenvalue weighted by Gasteiger charge is 2.60. The van der Waals surface area contributed by atoms with Gasteiger partial charge in [0.05, 0.1) is 5.56 Å². The quantitative estimate of drug-likeness (QED) is 0.289. The van der Waals surface area contributed by atoms with E-state index in [-0.39, 0.29) is 54.2 Å². The Bertz CT molecular complexity index is 697. The molecular formula is C17H23IO3. The van der Waals surface area contributed by atoms with E-state index in [1.165, 1.54) is 0 Å². The highest BCUT2D eigenvalue weighted by atomic mass is 127. The zero-order chi connectivity index (χ0) is 16.0. The second-order valence-corrected chi connectivity index (χ2v) is 10.5. The van der Waals surface area contributed by atoms with E-state index in [1.54, 1.807) is 0 Å². The third-order valence-corrected chi connectivity index (χ3v) is 8.40. The molecule has 1 heterocycles. The van der Waals surface area contributed by atoms with Crippen LogP contribution in [0, 0.1) is 5.41 Å². The Hall–Kier alpha value is -0.780. The first-order chi connectivity index (χ1) is 9.46. The molecule has 1 aliphatic heterocycles. The first-order valence-corrected chi connectivity index (χ1v) is 9.83. The molecule has 0 unspecified atom stereocenters. The molecule has 1 aliphatic carbocycles. The summed E-state index contributed by atoms with van der Waals surface area (Å²) in [7, 11) is 0. The minimum atomic E-state index is -0.341. The van der Waals surface area contributed by atoms with Crippen molar-refractivity contribution in [3.05, 3.63) is 16.7 Å². The molecule has 3 rings (SSSR count). The van der Waals surface area contributed by atoms with Gasteiger partial charge in [0, 0.05) is 19.1 Å². The molecule has 0 saturated carbocycles. The fraction of sp³-hybridized carbons (Fsp3) is 0.588. The highest BCUT2D eigenvalue weighted by Crippen LogP contribution is 2.67. The van der Waals surface area contributed by atoms with Gasteiger partial charge in [0.15, 0.2) is 11.5 Å². The largest absolute Gasteiger partial charge is 0.507 e. The molecule has 116 valence electrons. The minimum Gasteiger partial charge on any atom is -0.507 e. The summed E-state index contributed by atoms with van der Waals surface area (Å²) >= 11 is -0.0529. The van der Waals surface area contributed by atoms with Crippen LogP contribution >= 0.6 is 20.7 Å². The van der Waals surface area contributed by atoms with Crippen LogP contribution in [0.4, 0.5) is 0 Å².